The van der Waals surface area contributed by atoms with Crippen molar-refractivity contribution < 1.29 is 9.59 Å². The summed E-state index contributed by atoms with van der Waals surface area (Å²) in [7, 11) is 0. The summed E-state index contributed by atoms with van der Waals surface area (Å²) in [6.45, 7) is 2.16. The maximum absolute atomic E-state index is 13.5. The SMILES string of the molecule is O=C(CSc1ccccc1)Nc1ccc(N2CCC(Cc3ccccc3)CC2)c(C(=O)NCc2cccnc2)c1. The number of rotatable bonds is 10. The molecule has 0 radical (unpaired) electrons. The fourth-order valence-corrected chi connectivity index (χ4v) is 5.76. The van der Waals surface area contributed by atoms with Crippen molar-refractivity contribution in [1.29, 1.82) is 0 Å². The summed E-state index contributed by atoms with van der Waals surface area (Å²) in [6, 6.07) is 30.0. The first-order chi connectivity index (χ1) is 19.6. The van der Waals surface area contributed by atoms with Gasteiger partial charge in [-0.3, -0.25) is 14.6 Å². The predicted molar refractivity (Wildman–Crippen MR) is 163 cm³/mol. The monoisotopic (exact) mass is 550 g/mol. The van der Waals surface area contributed by atoms with E-state index in [1.165, 1.54) is 17.3 Å². The molecule has 1 aromatic heterocycles. The van der Waals surface area contributed by atoms with Crippen LogP contribution < -0.4 is 15.5 Å². The summed E-state index contributed by atoms with van der Waals surface area (Å²) in [4.78, 5) is 33.6. The highest BCUT2D eigenvalue weighted by Crippen LogP contribution is 2.30. The number of benzene rings is 3. The van der Waals surface area contributed by atoms with Gasteiger partial charge in [0.25, 0.3) is 5.91 Å². The lowest BCUT2D eigenvalue weighted by atomic mass is 9.89. The summed E-state index contributed by atoms with van der Waals surface area (Å²) in [6.07, 6.45) is 6.69. The van der Waals surface area contributed by atoms with E-state index < -0.39 is 0 Å². The third kappa shape index (κ3) is 7.73. The first-order valence-electron chi connectivity index (χ1n) is 13.7. The average molecular weight is 551 g/mol. The Morgan fingerprint density at radius 2 is 1.60 bits per heavy atom. The summed E-state index contributed by atoms with van der Waals surface area (Å²) in [5.74, 6) is 0.649. The predicted octanol–water partition coefficient (Wildman–Crippen LogP) is 6.20. The zero-order valence-electron chi connectivity index (χ0n) is 22.5. The maximum Gasteiger partial charge on any atom is 0.253 e. The van der Waals surface area contributed by atoms with E-state index in [4.69, 9.17) is 0 Å². The summed E-state index contributed by atoms with van der Waals surface area (Å²) in [5, 5.41) is 6.02. The van der Waals surface area contributed by atoms with E-state index in [0.29, 0.717) is 29.5 Å². The highest BCUT2D eigenvalue weighted by atomic mass is 32.2. The van der Waals surface area contributed by atoms with Crippen molar-refractivity contribution >= 4 is 35.0 Å². The Labute approximate surface area is 240 Å². The van der Waals surface area contributed by atoms with E-state index >= 15 is 0 Å². The molecule has 6 nitrogen and oxygen atoms in total. The number of piperidine rings is 1. The number of hydrogen-bond donors (Lipinski definition) is 2. The molecule has 2 amide bonds. The third-order valence-electron chi connectivity index (χ3n) is 7.14. The number of thioether (sulfide) groups is 1. The number of nitrogens with zero attached hydrogens (tertiary/aromatic N) is 2. The first-order valence-corrected chi connectivity index (χ1v) is 14.7. The van der Waals surface area contributed by atoms with Crippen LogP contribution in [0, 0.1) is 5.92 Å². The molecule has 7 heteroatoms. The molecule has 4 aromatic rings. The fraction of sp³-hybridized carbons (Fsp3) is 0.242. The van der Waals surface area contributed by atoms with E-state index in [-0.39, 0.29) is 11.8 Å². The number of pyridine rings is 1. The van der Waals surface area contributed by atoms with Crippen molar-refractivity contribution in [2.45, 2.75) is 30.7 Å². The van der Waals surface area contributed by atoms with Gasteiger partial charge in [0, 0.05) is 48.3 Å². The van der Waals surface area contributed by atoms with E-state index in [1.807, 2.05) is 54.6 Å². The smallest absolute Gasteiger partial charge is 0.253 e. The Morgan fingerprint density at radius 1 is 0.875 bits per heavy atom. The highest BCUT2D eigenvalue weighted by Gasteiger charge is 2.24. The van der Waals surface area contributed by atoms with Gasteiger partial charge in [0.15, 0.2) is 0 Å². The molecule has 0 spiro atoms. The van der Waals surface area contributed by atoms with Crippen LogP contribution >= 0.6 is 11.8 Å². The molecule has 0 bridgehead atoms. The number of aromatic nitrogens is 1. The van der Waals surface area contributed by atoms with E-state index in [1.54, 1.807) is 18.5 Å². The zero-order valence-corrected chi connectivity index (χ0v) is 23.3. The molecule has 1 aliphatic rings. The van der Waals surface area contributed by atoms with Crippen molar-refractivity contribution in [3.8, 4) is 0 Å². The number of anilines is 2. The van der Waals surface area contributed by atoms with Crippen molar-refractivity contribution in [1.82, 2.24) is 10.3 Å². The summed E-state index contributed by atoms with van der Waals surface area (Å²) < 4.78 is 0. The van der Waals surface area contributed by atoms with Crippen LogP contribution in [-0.2, 0) is 17.8 Å². The largest absolute Gasteiger partial charge is 0.371 e. The van der Waals surface area contributed by atoms with Crippen LogP contribution in [0.5, 0.6) is 0 Å². The van der Waals surface area contributed by atoms with Crippen LogP contribution in [0.3, 0.4) is 0 Å². The Kier molecular flexibility index (Phi) is 9.48. The van der Waals surface area contributed by atoms with Gasteiger partial charge < -0.3 is 15.5 Å². The number of nitrogens with one attached hydrogen (secondary N) is 2. The average Bonchev–Trinajstić information content (AvgIpc) is 3.01. The van der Waals surface area contributed by atoms with Gasteiger partial charge in [-0.15, -0.1) is 11.8 Å². The van der Waals surface area contributed by atoms with E-state index in [2.05, 4.69) is 50.8 Å². The number of carbonyl (C=O) groups is 2. The lowest BCUT2D eigenvalue weighted by Crippen LogP contribution is -2.36. The number of hydrogen-bond acceptors (Lipinski definition) is 5. The van der Waals surface area contributed by atoms with Gasteiger partial charge in [-0.05, 0) is 72.7 Å². The molecule has 3 aromatic carbocycles. The van der Waals surface area contributed by atoms with Crippen LogP contribution in [0.15, 0.2) is 108 Å². The molecule has 2 heterocycles. The van der Waals surface area contributed by atoms with Gasteiger partial charge in [-0.2, -0.15) is 0 Å². The van der Waals surface area contributed by atoms with Crippen LogP contribution in [-0.4, -0.2) is 35.6 Å². The minimum atomic E-state index is -0.167. The first kappa shape index (κ1) is 27.5. The molecule has 2 N–H and O–H groups in total. The molecule has 0 unspecified atom stereocenters. The standard InChI is InChI=1S/C33H34N4O2S/c38-32(24-40-29-11-5-2-6-12-29)36-28-13-14-31(30(21-28)33(39)35-23-27-10-7-17-34-22-27)37-18-15-26(16-19-37)20-25-8-3-1-4-9-25/h1-14,17,21-22,26H,15-16,18-20,23-24H2,(H,35,39)(H,36,38). The van der Waals surface area contributed by atoms with Gasteiger partial charge >= 0.3 is 0 Å². The van der Waals surface area contributed by atoms with Gasteiger partial charge in [-0.25, -0.2) is 0 Å². The highest BCUT2D eigenvalue weighted by molar-refractivity contribution is 8.00. The molecule has 1 fully saturated rings. The Balaban J connectivity index is 1.27. The molecule has 0 atom stereocenters. The number of carbonyl (C=O) groups excluding carboxylic acids is 2. The third-order valence-corrected chi connectivity index (χ3v) is 8.15. The summed E-state index contributed by atoms with van der Waals surface area (Å²) >= 11 is 1.49. The van der Waals surface area contributed by atoms with Crippen molar-refractivity contribution in [2.24, 2.45) is 5.92 Å². The van der Waals surface area contributed by atoms with Crippen molar-refractivity contribution in [2.75, 3.05) is 29.1 Å². The van der Waals surface area contributed by atoms with Gasteiger partial charge in [0.05, 0.1) is 11.3 Å². The van der Waals surface area contributed by atoms with E-state index in [0.717, 1.165) is 48.5 Å². The van der Waals surface area contributed by atoms with Crippen molar-refractivity contribution in [3.05, 3.63) is 120 Å². The van der Waals surface area contributed by atoms with Crippen molar-refractivity contribution in [3.63, 3.8) is 0 Å². The fourth-order valence-electron chi connectivity index (χ4n) is 5.04. The molecular weight excluding hydrogens is 516 g/mol. The molecule has 5 rings (SSSR count). The van der Waals surface area contributed by atoms with Crippen LogP contribution in [0.25, 0.3) is 0 Å². The van der Waals surface area contributed by atoms with E-state index in [9.17, 15) is 9.59 Å². The van der Waals surface area contributed by atoms with Gasteiger partial charge in [-0.1, -0.05) is 54.6 Å². The zero-order chi connectivity index (χ0) is 27.6. The molecular formula is C33H34N4O2S. The molecule has 1 saturated heterocycles. The number of amides is 2. The Hall–Kier alpha value is -4.10. The Morgan fingerprint density at radius 3 is 2.33 bits per heavy atom. The van der Waals surface area contributed by atoms with Gasteiger partial charge in [0.2, 0.25) is 5.91 Å². The molecule has 0 saturated carbocycles. The summed E-state index contributed by atoms with van der Waals surface area (Å²) in [5.41, 5.74) is 4.40. The van der Waals surface area contributed by atoms with Crippen LogP contribution in [0.2, 0.25) is 0 Å². The lowest BCUT2D eigenvalue weighted by molar-refractivity contribution is -0.113. The molecule has 1 aliphatic heterocycles. The minimum absolute atomic E-state index is 0.106. The quantitative estimate of drug-likeness (QED) is 0.230. The maximum atomic E-state index is 13.5. The molecule has 0 aliphatic carbocycles. The lowest BCUT2D eigenvalue weighted by Gasteiger charge is -2.35. The molecule has 40 heavy (non-hydrogen) atoms. The van der Waals surface area contributed by atoms with Crippen LogP contribution in [0.4, 0.5) is 11.4 Å². The second kappa shape index (κ2) is 13.8. The second-order valence-electron chi connectivity index (χ2n) is 10.0. The minimum Gasteiger partial charge on any atom is -0.371 e. The van der Waals surface area contributed by atoms with Gasteiger partial charge in [0.1, 0.15) is 0 Å². The normalized spacial score (nSPS) is 13.6. The van der Waals surface area contributed by atoms with Crippen LogP contribution in [0.1, 0.15) is 34.3 Å². The molecule has 204 valence electrons. The Bertz CT molecular complexity index is 1390. The topological polar surface area (TPSA) is 74.3 Å². The second-order valence-corrected chi connectivity index (χ2v) is 11.1.